The summed E-state index contributed by atoms with van der Waals surface area (Å²) in [7, 11) is 0. The van der Waals surface area contributed by atoms with Crippen LogP contribution < -0.4 is 4.90 Å². The molecule has 0 spiro atoms. The minimum absolute atomic E-state index is 0.188. The van der Waals surface area contributed by atoms with Crippen LogP contribution in [0.1, 0.15) is 48.4 Å². The Kier molecular flexibility index (Phi) is 5.93. The first-order valence-corrected chi connectivity index (χ1v) is 11.9. The quantitative estimate of drug-likeness (QED) is 0.390. The minimum atomic E-state index is -0.361. The van der Waals surface area contributed by atoms with Crippen molar-refractivity contribution in [3.63, 3.8) is 0 Å². The Morgan fingerprint density at radius 2 is 1.91 bits per heavy atom. The molecule has 1 aliphatic heterocycles. The van der Waals surface area contributed by atoms with Gasteiger partial charge in [-0.25, -0.2) is 9.78 Å². The highest BCUT2D eigenvalue weighted by Crippen LogP contribution is 2.37. The molecule has 1 atom stereocenters. The monoisotopic (exact) mass is 452 g/mol. The van der Waals surface area contributed by atoms with Gasteiger partial charge in [0.15, 0.2) is 5.65 Å². The Bertz CT molecular complexity index is 1400. The van der Waals surface area contributed by atoms with Crippen LogP contribution in [0.5, 0.6) is 0 Å². The average Bonchev–Trinajstić information content (AvgIpc) is 3.24. The number of esters is 1. The van der Waals surface area contributed by atoms with Crippen LogP contribution in [0.25, 0.3) is 16.7 Å². The van der Waals surface area contributed by atoms with Crippen molar-refractivity contribution in [2.24, 2.45) is 0 Å². The van der Waals surface area contributed by atoms with E-state index in [9.17, 15) is 10.1 Å². The molecule has 1 aliphatic rings. The maximum absolute atomic E-state index is 13.1. The van der Waals surface area contributed by atoms with Crippen molar-refractivity contribution >= 4 is 28.5 Å². The van der Waals surface area contributed by atoms with Gasteiger partial charge in [0.05, 0.1) is 23.2 Å². The number of ether oxygens (including phenoxy) is 1. The summed E-state index contributed by atoms with van der Waals surface area (Å²) < 4.78 is 7.58. The zero-order valence-corrected chi connectivity index (χ0v) is 19.6. The number of carbonyl (C=O) groups excluding carboxylic acids is 1. The Balaban J connectivity index is 1.84. The number of nitriles is 1. The van der Waals surface area contributed by atoms with E-state index in [1.807, 2.05) is 56.3 Å². The van der Waals surface area contributed by atoms with Crippen LogP contribution in [0.2, 0.25) is 0 Å². The van der Waals surface area contributed by atoms with Crippen molar-refractivity contribution in [2.75, 3.05) is 18.1 Å². The number of aromatic nitrogens is 2. The first-order valence-electron chi connectivity index (χ1n) is 11.9. The highest BCUT2D eigenvalue weighted by atomic mass is 16.5. The van der Waals surface area contributed by atoms with E-state index in [0.29, 0.717) is 24.2 Å². The van der Waals surface area contributed by atoms with Crippen molar-refractivity contribution in [1.29, 1.82) is 5.26 Å². The molecule has 4 aromatic rings. The lowest BCUT2D eigenvalue weighted by Crippen LogP contribution is -2.47. The lowest BCUT2D eigenvalue weighted by Gasteiger charge is -2.38. The number of carbonyl (C=O) groups is 1. The largest absolute Gasteiger partial charge is 0.464 e. The maximum atomic E-state index is 13.1. The van der Waals surface area contributed by atoms with E-state index in [1.54, 1.807) is 0 Å². The SMILES string of the molecule is CCOC(=O)C1CCCCN1c1c(Cc2ccccc2)c(C)c(C#N)c2nc3ccccc3n12. The molecule has 1 fully saturated rings. The van der Waals surface area contributed by atoms with Crippen LogP contribution in [0.4, 0.5) is 5.82 Å². The Hall–Kier alpha value is -3.85. The van der Waals surface area contributed by atoms with Gasteiger partial charge in [0.2, 0.25) is 0 Å². The van der Waals surface area contributed by atoms with Gasteiger partial charge in [0, 0.05) is 18.5 Å². The molecule has 0 aliphatic carbocycles. The van der Waals surface area contributed by atoms with Crippen LogP contribution in [0.3, 0.4) is 0 Å². The maximum Gasteiger partial charge on any atom is 0.328 e. The van der Waals surface area contributed by atoms with E-state index in [1.165, 1.54) is 0 Å². The van der Waals surface area contributed by atoms with Crippen LogP contribution in [0.15, 0.2) is 54.6 Å². The smallest absolute Gasteiger partial charge is 0.328 e. The predicted molar refractivity (Wildman–Crippen MR) is 133 cm³/mol. The molecule has 0 N–H and O–H groups in total. The van der Waals surface area contributed by atoms with E-state index in [-0.39, 0.29) is 12.0 Å². The predicted octanol–water partition coefficient (Wildman–Crippen LogP) is 5.18. The summed E-state index contributed by atoms with van der Waals surface area (Å²) in [6.45, 7) is 4.95. The number of piperidine rings is 1. The summed E-state index contributed by atoms with van der Waals surface area (Å²) in [4.78, 5) is 20.1. The van der Waals surface area contributed by atoms with Gasteiger partial charge in [-0.05, 0) is 56.4 Å². The van der Waals surface area contributed by atoms with Crippen LogP contribution in [-0.2, 0) is 16.0 Å². The number of benzene rings is 2. The fourth-order valence-corrected chi connectivity index (χ4v) is 5.15. The molecule has 6 nitrogen and oxygen atoms in total. The van der Waals surface area contributed by atoms with Gasteiger partial charge < -0.3 is 9.64 Å². The highest BCUT2D eigenvalue weighted by molar-refractivity contribution is 5.88. The van der Waals surface area contributed by atoms with Gasteiger partial charge >= 0.3 is 5.97 Å². The number of rotatable bonds is 5. The summed E-state index contributed by atoms with van der Waals surface area (Å²) in [5.41, 5.74) is 6.11. The van der Waals surface area contributed by atoms with E-state index >= 15 is 0 Å². The molecule has 172 valence electrons. The molecule has 1 unspecified atom stereocenters. The normalized spacial score (nSPS) is 16.0. The summed E-state index contributed by atoms with van der Waals surface area (Å²) in [6.07, 6.45) is 3.38. The van der Waals surface area contributed by atoms with Crippen LogP contribution >= 0.6 is 0 Å². The standard InChI is InChI=1S/C28H28N4O2/c1-3-34-28(33)25-15-9-10-16-31(25)27-21(17-20-11-5-4-6-12-20)19(2)22(18-29)26-30-23-13-7-8-14-24(23)32(26)27/h4-8,11-14,25H,3,9-10,15-17H2,1-2H3. The topological polar surface area (TPSA) is 70.6 Å². The number of para-hydroxylation sites is 2. The molecule has 5 rings (SSSR count). The van der Waals surface area contributed by atoms with Crippen molar-refractivity contribution in [3.8, 4) is 6.07 Å². The molecular formula is C28H28N4O2. The zero-order chi connectivity index (χ0) is 23.7. The van der Waals surface area contributed by atoms with Crippen molar-refractivity contribution in [1.82, 2.24) is 9.38 Å². The van der Waals surface area contributed by atoms with Crippen LogP contribution in [-0.4, -0.2) is 34.5 Å². The van der Waals surface area contributed by atoms with Gasteiger partial charge in [-0.2, -0.15) is 5.26 Å². The van der Waals surface area contributed by atoms with E-state index in [2.05, 4.69) is 27.5 Å². The second-order valence-electron chi connectivity index (χ2n) is 8.79. The molecule has 2 aromatic heterocycles. The third kappa shape index (κ3) is 3.67. The molecule has 0 radical (unpaired) electrons. The fraction of sp³-hybridized carbons (Fsp3) is 0.321. The van der Waals surface area contributed by atoms with Gasteiger partial charge in [-0.3, -0.25) is 4.40 Å². The van der Waals surface area contributed by atoms with Gasteiger partial charge in [-0.15, -0.1) is 0 Å². The first-order chi connectivity index (χ1) is 16.6. The second-order valence-corrected chi connectivity index (χ2v) is 8.79. The molecular weight excluding hydrogens is 424 g/mol. The van der Waals surface area contributed by atoms with Crippen LogP contribution in [0, 0.1) is 18.3 Å². The number of imidazole rings is 1. The Morgan fingerprint density at radius 3 is 2.68 bits per heavy atom. The zero-order valence-electron chi connectivity index (χ0n) is 19.6. The summed E-state index contributed by atoms with van der Waals surface area (Å²) in [5.74, 6) is 0.759. The Labute approximate surface area is 199 Å². The van der Waals surface area contributed by atoms with Gasteiger partial charge in [0.1, 0.15) is 17.9 Å². The number of pyridine rings is 1. The first kappa shape index (κ1) is 22.0. The Morgan fingerprint density at radius 1 is 1.15 bits per heavy atom. The molecule has 0 amide bonds. The van der Waals surface area contributed by atoms with Gasteiger partial charge in [-0.1, -0.05) is 42.5 Å². The number of nitrogens with zero attached hydrogens (tertiary/aromatic N) is 4. The summed E-state index contributed by atoms with van der Waals surface area (Å²) in [5, 5.41) is 10.2. The van der Waals surface area contributed by atoms with Crippen molar-refractivity contribution in [2.45, 2.75) is 45.6 Å². The molecule has 34 heavy (non-hydrogen) atoms. The summed E-state index contributed by atoms with van der Waals surface area (Å²) in [6, 6.07) is 20.3. The lowest BCUT2D eigenvalue weighted by atomic mass is 9.95. The molecule has 0 saturated carbocycles. The third-order valence-electron chi connectivity index (χ3n) is 6.76. The molecule has 6 heteroatoms. The third-order valence-corrected chi connectivity index (χ3v) is 6.76. The average molecular weight is 453 g/mol. The van der Waals surface area contributed by atoms with E-state index in [0.717, 1.165) is 59.3 Å². The highest BCUT2D eigenvalue weighted by Gasteiger charge is 2.34. The number of anilines is 1. The molecule has 0 bridgehead atoms. The molecule has 1 saturated heterocycles. The lowest BCUT2D eigenvalue weighted by molar-refractivity contribution is -0.145. The van der Waals surface area contributed by atoms with E-state index in [4.69, 9.17) is 9.72 Å². The minimum Gasteiger partial charge on any atom is -0.464 e. The summed E-state index contributed by atoms with van der Waals surface area (Å²) >= 11 is 0. The number of hydrogen-bond acceptors (Lipinski definition) is 5. The van der Waals surface area contributed by atoms with Crippen molar-refractivity contribution < 1.29 is 9.53 Å². The fourth-order valence-electron chi connectivity index (χ4n) is 5.15. The number of hydrogen-bond donors (Lipinski definition) is 0. The molecule has 2 aromatic carbocycles. The van der Waals surface area contributed by atoms with E-state index < -0.39 is 0 Å². The van der Waals surface area contributed by atoms with Gasteiger partial charge in [0.25, 0.3) is 0 Å². The second kappa shape index (κ2) is 9.18. The number of fused-ring (bicyclic) bond motifs is 3. The van der Waals surface area contributed by atoms with Crippen molar-refractivity contribution in [3.05, 3.63) is 76.9 Å². The molecule has 3 heterocycles.